The molecular formula is C17H27NO. The lowest BCUT2D eigenvalue weighted by molar-refractivity contribution is 0.273. The lowest BCUT2D eigenvalue weighted by atomic mass is 9.80. The van der Waals surface area contributed by atoms with E-state index in [1.165, 1.54) is 31.2 Å². The van der Waals surface area contributed by atoms with Gasteiger partial charge in [0.1, 0.15) is 5.75 Å². The van der Waals surface area contributed by atoms with Crippen LogP contribution in [0.1, 0.15) is 45.1 Å². The molecule has 0 heterocycles. The summed E-state index contributed by atoms with van der Waals surface area (Å²) < 4.78 is 0. The zero-order chi connectivity index (χ0) is 13.7. The molecule has 0 bridgehead atoms. The molecule has 0 aromatic heterocycles. The molecule has 0 aliphatic heterocycles. The molecule has 1 aromatic carbocycles. The summed E-state index contributed by atoms with van der Waals surface area (Å²) in [5, 5.41) is 13.2. The van der Waals surface area contributed by atoms with Crippen molar-refractivity contribution in [2.45, 2.75) is 46.0 Å². The number of aromatic hydroxyl groups is 1. The zero-order valence-corrected chi connectivity index (χ0v) is 12.3. The Morgan fingerprint density at radius 2 is 2.00 bits per heavy atom. The van der Waals surface area contributed by atoms with Gasteiger partial charge in [0.25, 0.3) is 0 Å². The van der Waals surface area contributed by atoms with Crippen LogP contribution in [0.3, 0.4) is 0 Å². The fraction of sp³-hybridized carbons (Fsp3) is 0.647. The molecule has 0 amide bonds. The summed E-state index contributed by atoms with van der Waals surface area (Å²) in [4.78, 5) is 0. The Bertz CT molecular complexity index is 394. The van der Waals surface area contributed by atoms with E-state index in [4.69, 9.17) is 0 Å². The topological polar surface area (TPSA) is 32.3 Å². The second-order valence-electron chi connectivity index (χ2n) is 6.58. The minimum atomic E-state index is 0.390. The number of nitrogens with one attached hydrogen (secondary N) is 1. The second kappa shape index (κ2) is 6.42. The molecule has 1 aromatic rings. The Morgan fingerprint density at radius 3 is 2.63 bits per heavy atom. The van der Waals surface area contributed by atoms with E-state index in [9.17, 15) is 5.11 Å². The third kappa shape index (κ3) is 4.24. The molecule has 2 heteroatoms. The molecule has 0 atom stereocenters. The molecule has 2 nitrogen and oxygen atoms in total. The van der Waals surface area contributed by atoms with Gasteiger partial charge in [0.2, 0.25) is 0 Å². The monoisotopic (exact) mass is 261 g/mol. The Labute approximate surface area is 117 Å². The van der Waals surface area contributed by atoms with Gasteiger partial charge in [-0.1, -0.05) is 38.8 Å². The van der Waals surface area contributed by atoms with E-state index in [0.717, 1.165) is 19.5 Å². The van der Waals surface area contributed by atoms with Gasteiger partial charge in [0, 0.05) is 6.54 Å². The smallest absolute Gasteiger partial charge is 0.115 e. The van der Waals surface area contributed by atoms with Crippen LogP contribution in [0.5, 0.6) is 5.75 Å². The molecular weight excluding hydrogens is 234 g/mol. The van der Waals surface area contributed by atoms with Gasteiger partial charge >= 0.3 is 0 Å². The standard InChI is InChI=1S/C17H27NO/c1-14(2)12-18-13-17(8-3-4-9-17)11-15-6-5-7-16(19)10-15/h5-7,10,14,18-19H,3-4,8-9,11-13H2,1-2H3. The Hall–Kier alpha value is -1.02. The van der Waals surface area contributed by atoms with Crippen molar-refractivity contribution in [2.75, 3.05) is 13.1 Å². The number of phenolic OH excluding ortho intramolecular Hbond substituents is 1. The maximum atomic E-state index is 9.60. The molecule has 1 aliphatic carbocycles. The minimum absolute atomic E-state index is 0.390. The predicted octanol–water partition coefficient (Wildman–Crippen LogP) is 3.74. The van der Waals surface area contributed by atoms with Gasteiger partial charge in [0.05, 0.1) is 0 Å². The van der Waals surface area contributed by atoms with Gasteiger partial charge in [-0.3, -0.25) is 0 Å². The molecule has 1 aliphatic rings. The van der Waals surface area contributed by atoms with Gasteiger partial charge < -0.3 is 10.4 Å². The zero-order valence-electron chi connectivity index (χ0n) is 12.3. The fourth-order valence-corrected chi connectivity index (χ4v) is 3.27. The third-order valence-corrected chi connectivity index (χ3v) is 4.21. The molecule has 2 rings (SSSR count). The molecule has 0 radical (unpaired) electrons. The maximum absolute atomic E-state index is 9.60. The Morgan fingerprint density at radius 1 is 1.26 bits per heavy atom. The minimum Gasteiger partial charge on any atom is -0.508 e. The first kappa shape index (κ1) is 14.4. The SMILES string of the molecule is CC(C)CNCC1(Cc2cccc(O)c2)CCCC1. The van der Waals surface area contributed by atoms with Crippen molar-refractivity contribution in [1.29, 1.82) is 0 Å². The number of benzene rings is 1. The van der Waals surface area contributed by atoms with Crippen molar-refractivity contribution < 1.29 is 5.11 Å². The van der Waals surface area contributed by atoms with Crippen molar-refractivity contribution in [3.05, 3.63) is 29.8 Å². The highest BCUT2D eigenvalue weighted by atomic mass is 16.3. The van der Waals surface area contributed by atoms with Crippen LogP contribution in [0.2, 0.25) is 0 Å². The van der Waals surface area contributed by atoms with E-state index in [2.05, 4.69) is 25.2 Å². The molecule has 2 N–H and O–H groups in total. The van der Waals surface area contributed by atoms with Crippen molar-refractivity contribution in [2.24, 2.45) is 11.3 Å². The summed E-state index contributed by atoms with van der Waals surface area (Å²) in [7, 11) is 0. The summed E-state index contributed by atoms with van der Waals surface area (Å²) in [6.07, 6.45) is 6.42. The Balaban J connectivity index is 1.99. The van der Waals surface area contributed by atoms with Crippen LogP contribution in [-0.2, 0) is 6.42 Å². The molecule has 0 unspecified atom stereocenters. The maximum Gasteiger partial charge on any atom is 0.115 e. The number of rotatable bonds is 6. The number of hydrogen-bond donors (Lipinski definition) is 2. The number of phenols is 1. The average Bonchev–Trinajstić information content (AvgIpc) is 2.77. The highest BCUT2D eigenvalue weighted by molar-refractivity contribution is 5.28. The van der Waals surface area contributed by atoms with Gasteiger partial charge in [-0.15, -0.1) is 0 Å². The van der Waals surface area contributed by atoms with Crippen LogP contribution < -0.4 is 5.32 Å². The summed E-state index contributed by atoms with van der Waals surface area (Å²) in [6, 6.07) is 7.77. The van der Waals surface area contributed by atoms with Crippen molar-refractivity contribution in [3.63, 3.8) is 0 Å². The van der Waals surface area contributed by atoms with E-state index in [1.54, 1.807) is 6.07 Å². The molecule has 1 saturated carbocycles. The van der Waals surface area contributed by atoms with Gasteiger partial charge in [-0.25, -0.2) is 0 Å². The first-order valence-electron chi connectivity index (χ1n) is 7.58. The summed E-state index contributed by atoms with van der Waals surface area (Å²) >= 11 is 0. The lowest BCUT2D eigenvalue weighted by Gasteiger charge is -2.30. The molecule has 19 heavy (non-hydrogen) atoms. The first-order chi connectivity index (χ1) is 9.10. The van der Waals surface area contributed by atoms with Crippen molar-refractivity contribution in [1.82, 2.24) is 5.32 Å². The van der Waals surface area contributed by atoms with E-state index < -0.39 is 0 Å². The summed E-state index contributed by atoms with van der Waals surface area (Å²) in [5.41, 5.74) is 1.68. The van der Waals surface area contributed by atoms with Crippen LogP contribution in [0.4, 0.5) is 0 Å². The van der Waals surface area contributed by atoms with Crippen LogP contribution in [0.15, 0.2) is 24.3 Å². The van der Waals surface area contributed by atoms with Crippen LogP contribution >= 0.6 is 0 Å². The van der Waals surface area contributed by atoms with Gasteiger partial charge in [0.15, 0.2) is 0 Å². The van der Waals surface area contributed by atoms with Crippen LogP contribution in [0.25, 0.3) is 0 Å². The van der Waals surface area contributed by atoms with Gasteiger partial charge in [-0.2, -0.15) is 0 Å². The second-order valence-corrected chi connectivity index (χ2v) is 6.58. The summed E-state index contributed by atoms with van der Waals surface area (Å²) in [5.74, 6) is 1.10. The molecule has 106 valence electrons. The first-order valence-corrected chi connectivity index (χ1v) is 7.58. The highest BCUT2D eigenvalue weighted by Gasteiger charge is 2.33. The van der Waals surface area contributed by atoms with E-state index in [-0.39, 0.29) is 0 Å². The van der Waals surface area contributed by atoms with Crippen LogP contribution in [0, 0.1) is 11.3 Å². The molecule has 0 spiro atoms. The quantitative estimate of drug-likeness (QED) is 0.817. The van der Waals surface area contributed by atoms with Crippen molar-refractivity contribution >= 4 is 0 Å². The van der Waals surface area contributed by atoms with Crippen LogP contribution in [-0.4, -0.2) is 18.2 Å². The highest BCUT2D eigenvalue weighted by Crippen LogP contribution is 2.40. The van der Waals surface area contributed by atoms with E-state index >= 15 is 0 Å². The Kier molecular flexibility index (Phi) is 4.87. The lowest BCUT2D eigenvalue weighted by Crippen LogP contribution is -2.35. The fourth-order valence-electron chi connectivity index (χ4n) is 3.27. The summed E-state index contributed by atoms with van der Waals surface area (Å²) in [6.45, 7) is 6.72. The molecule has 1 fully saturated rings. The number of hydrogen-bond acceptors (Lipinski definition) is 2. The van der Waals surface area contributed by atoms with Gasteiger partial charge in [-0.05, 0) is 54.8 Å². The normalized spacial score (nSPS) is 18.1. The largest absolute Gasteiger partial charge is 0.508 e. The van der Waals surface area contributed by atoms with Crippen molar-refractivity contribution in [3.8, 4) is 5.75 Å². The molecule has 0 saturated heterocycles. The third-order valence-electron chi connectivity index (χ3n) is 4.21. The van der Waals surface area contributed by atoms with E-state index in [1.807, 2.05) is 12.1 Å². The van der Waals surface area contributed by atoms with E-state index in [0.29, 0.717) is 17.1 Å². The predicted molar refractivity (Wildman–Crippen MR) is 80.4 cm³/mol. The average molecular weight is 261 g/mol.